The molecular weight excluding hydrogens is 302 g/mol. The highest BCUT2D eigenvalue weighted by Gasteiger charge is 2.37. The summed E-state index contributed by atoms with van der Waals surface area (Å²) in [4.78, 5) is 24.6. The topological polar surface area (TPSA) is 85.3 Å². The van der Waals surface area contributed by atoms with Crippen molar-refractivity contribution in [2.75, 3.05) is 19.7 Å². The van der Waals surface area contributed by atoms with Gasteiger partial charge in [-0.1, -0.05) is 43.0 Å². The molecule has 1 saturated heterocycles. The fourth-order valence-electron chi connectivity index (χ4n) is 2.12. The maximum absolute atomic E-state index is 12.0. The molecule has 1 aromatic rings. The van der Waals surface area contributed by atoms with E-state index in [-0.39, 0.29) is 26.3 Å². The van der Waals surface area contributed by atoms with Gasteiger partial charge in [-0.05, 0) is 5.56 Å². The van der Waals surface area contributed by atoms with Crippen molar-refractivity contribution < 1.29 is 28.9 Å². The van der Waals surface area contributed by atoms with Gasteiger partial charge in [-0.2, -0.15) is 0 Å². The van der Waals surface area contributed by atoms with Gasteiger partial charge in [-0.3, -0.25) is 0 Å². The first-order valence-electron chi connectivity index (χ1n) is 7.18. The van der Waals surface area contributed by atoms with E-state index in [2.05, 4.69) is 11.3 Å². The lowest BCUT2D eigenvalue weighted by atomic mass is 10.2. The third-order valence-electron chi connectivity index (χ3n) is 3.27. The molecule has 1 aromatic carbocycles. The van der Waals surface area contributed by atoms with E-state index in [4.69, 9.17) is 9.47 Å². The summed E-state index contributed by atoms with van der Waals surface area (Å²) in [6.45, 7) is 3.65. The molecule has 1 heterocycles. The Hall–Kier alpha value is -2.54. The highest BCUT2D eigenvalue weighted by molar-refractivity contribution is 5.68. The number of aliphatic hydroxyl groups is 1. The predicted octanol–water partition coefficient (Wildman–Crippen LogP) is 1.71. The first-order chi connectivity index (χ1) is 11.1. The largest absolute Gasteiger partial charge is 0.509 e. The third kappa shape index (κ3) is 5.00. The molecule has 0 aromatic heterocycles. The van der Waals surface area contributed by atoms with E-state index in [9.17, 15) is 14.7 Å². The van der Waals surface area contributed by atoms with Gasteiger partial charge in [-0.25, -0.2) is 9.59 Å². The normalized spacial score (nSPS) is 20.0. The Morgan fingerprint density at radius 2 is 2.00 bits per heavy atom. The summed E-state index contributed by atoms with van der Waals surface area (Å²) in [5.74, 6) is 0. The molecule has 1 aliphatic rings. The van der Waals surface area contributed by atoms with Gasteiger partial charge in [-0.15, -0.1) is 0 Å². The van der Waals surface area contributed by atoms with Gasteiger partial charge in [0.15, 0.2) is 6.10 Å². The number of carbonyl (C=O) groups is 2. The number of aliphatic hydroxyl groups excluding tert-OH is 1. The fraction of sp³-hybridized carbons (Fsp3) is 0.375. The van der Waals surface area contributed by atoms with Gasteiger partial charge < -0.3 is 24.2 Å². The Balaban J connectivity index is 1.79. The molecule has 1 amide bonds. The van der Waals surface area contributed by atoms with E-state index >= 15 is 0 Å². The fourth-order valence-corrected chi connectivity index (χ4v) is 2.12. The number of β-amino-alcohol motifs (C(OH)–C–C–N with tert-alkyl or cyclic N) is 1. The number of carbonyl (C=O) groups excluding carboxylic acids is 2. The van der Waals surface area contributed by atoms with Crippen molar-refractivity contribution in [1.29, 1.82) is 0 Å². The van der Waals surface area contributed by atoms with E-state index in [1.807, 2.05) is 30.3 Å². The smallest absolute Gasteiger partial charge is 0.445 e. The van der Waals surface area contributed by atoms with Crippen LogP contribution in [0.4, 0.5) is 9.59 Å². The highest BCUT2D eigenvalue weighted by Crippen LogP contribution is 2.16. The summed E-state index contributed by atoms with van der Waals surface area (Å²) >= 11 is 0. The van der Waals surface area contributed by atoms with E-state index in [0.717, 1.165) is 5.56 Å². The number of nitrogens with zero attached hydrogens (tertiary/aromatic N) is 1. The van der Waals surface area contributed by atoms with Gasteiger partial charge in [0.2, 0.25) is 0 Å². The van der Waals surface area contributed by atoms with Crippen molar-refractivity contribution in [2.45, 2.75) is 18.8 Å². The zero-order valence-electron chi connectivity index (χ0n) is 12.6. The number of likely N-dealkylation sites (tertiary alicyclic amines) is 1. The van der Waals surface area contributed by atoms with Crippen LogP contribution in [0.15, 0.2) is 43.0 Å². The summed E-state index contributed by atoms with van der Waals surface area (Å²) in [5.41, 5.74) is 0.862. The van der Waals surface area contributed by atoms with Gasteiger partial charge in [0.25, 0.3) is 0 Å². The lowest BCUT2D eigenvalue weighted by Gasteiger charge is -2.16. The number of ether oxygens (including phenoxy) is 3. The molecule has 23 heavy (non-hydrogen) atoms. The molecule has 124 valence electrons. The molecule has 2 rings (SSSR count). The molecule has 1 N–H and O–H groups in total. The lowest BCUT2D eigenvalue weighted by molar-refractivity contribution is -0.00695. The van der Waals surface area contributed by atoms with E-state index in [0.29, 0.717) is 0 Å². The number of hydrogen-bond donors (Lipinski definition) is 1. The molecule has 2 atom stereocenters. The van der Waals surface area contributed by atoms with Crippen molar-refractivity contribution in [3.63, 3.8) is 0 Å². The SMILES string of the molecule is C=CCOC(=O)O[C@H]1CN(C(=O)OCc2ccccc2)C[C@H]1O. The molecule has 1 aliphatic heterocycles. The molecule has 0 radical (unpaired) electrons. The van der Waals surface area contributed by atoms with Crippen LogP contribution < -0.4 is 0 Å². The monoisotopic (exact) mass is 321 g/mol. The molecule has 1 fully saturated rings. The van der Waals surface area contributed by atoms with E-state index in [1.165, 1.54) is 11.0 Å². The molecule has 7 heteroatoms. The molecule has 0 bridgehead atoms. The lowest BCUT2D eigenvalue weighted by Crippen LogP contribution is -2.31. The van der Waals surface area contributed by atoms with Crippen LogP contribution in [-0.2, 0) is 20.8 Å². The van der Waals surface area contributed by atoms with Gasteiger partial charge in [0.1, 0.15) is 19.3 Å². The molecule has 0 saturated carbocycles. The molecule has 7 nitrogen and oxygen atoms in total. The van der Waals surface area contributed by atoms with Crippen LogP contribution in [-0.4, -0.2) is 54.2 Å². The van der Waals surface area contributed by atoms with Crippen LogP contribution in [0.3, 0.4) is 0 Å². The van der Waals surface area contributed by atoms with Crippen LogP contribution in [0.2, 0.25) is 0 Å². The van der Waals surface area contributed by atoms with Crippen molar-refractivity contribution in [2.24, 2.45) is 0 Å². The Morgan fingerprint density at radius 1 is 1.26 bits per heavy atom. The van der Waals surface area contributed by atoms with Gasteiger partial charge >= 0.3 is 12.2 Å². The summed E-state index contributed by atoms with van der Waals surface area (Å²) in [6, 6.07) is 9.25. The quantitative estimate of drug-likeness (QED) is 0.656. The molecule has 0 aliphatic carbocycles. The zero-order valence-corrected chi connectivity index (χ0v) is 12.6. The van der Waals surface area contributed by atoms with Crippen LogP contribution >= 0.6 is 0 Å². The van der Waals surface area contributed by atoms with Crippen LogP contribution in [0.1, 0.15) is 5.56 Å². The first-order valence-corrected chi connectivity index (χ1v) is 7.18. The Labute approximate surface area is 134 Å². The second-order valence-corrected chi connectivity index (χ2v) is 5.02. The van der Waals surface area contributed by atoms with E-state index in [1.54, 1.807) is 0 Å². The first kappa shape index (κ1) is 16.8. The average Bonchev–Trinajstić information content (AvgIpc) is 2.92. The zero-order chi connectivity index (χ0) is 16.7. The number of rotatable bonds is 5. The van der Waals surface area contributed by atoms with E-state index < -0.39 is 24.5 Å². The summed E-state index contributed by atoms with van der Waals surface area (Å²) in [5, 5.41) is 9.87. The minimum Gasteiger partial charge on any atom is -0.445 e. The van der Waals surface area contributed by atoms with Gasteiger partial charge in [0, 0.05) is 0 Å². The predicted molar refractivity (Wildman–Crippen MR) is 80.6 cm³/mol. The van der Waals surface area contributed by atoms with Crippen molar-refractivity contribution in [3.05, 3.63) is 48.6 Å². The minimum absolute atomic E-state index is 0.0183. The third-order valence-corrected chi connectivity index (χ3v) is 3.27. The summed E-state index contributed by atoms with van der Waals surface area (Å²) < 4.78 is 14.8. The van der Waals surface area contributed by atoms with Crippen molar-refractivity contribution in [1.82, 2.24) is 4.90 Å². The average molecular weight is 321 g/mol. The Kier molecular flexibility index (Phi) is 5.99. The number of benzene rings is 1. The number of amides is 1. The number of hydrogen-bond acceptors (Lipinski definition) is 6. The second kappa shape index (κ2) is 8.19. The molecule has 0 spiro atoms. The Bertz CT molecular complexity index is 547. The summed E-state index contributed by atoms with van der Waals surface area (Å²) in [6.07, 6.45) is -1.89. The van der Waals surface area contributed by atoms with Gasteiger partial charge in [0.05, 0.1) is 13.1 Å². The van der Waals surface area contributed by atoms with Crippen LogP contribution in [0.5, 0.6) is 0 Å². The van der Waals surface area contributed by atoms with Crippen molar-refractivity contribution >= 4 is 12.2 Å². The maximum atomic E-state index is 12.0. The van der Waals surface area contributed by atoms with Crippen molar-refractivity contribution in [3.8, 4) is 0 Å². The molecule has 0 unspecified atom stereocenters. The molecular formula is C16H19NO6. The van der Waals surface area contributed by atoms with Crippen LogP contribution in [0, 0.1) is 0 Å². The summed E-state index contributed by atoms with van der Waals surface area (Å²) in [7, 11) is 0. The highest BCUT2D eigenvalue weighted by atomic mass is 16.7. The van der Waals surface area contributed by atoms with Crippen LogP contribution in [0.25, 0.3) is 0 Å². The maximum Gasteiger partial charge on any atom is 0.509 e. The second-order valence-electron chi connectivity index (χ2n) is 5.02. The Morgan fingerprint density at radius 3 is 2.70 bits per heavy atom. The standard InChI is InChI=1S/C16H19NO6/c1-2-8-21-16(20)23-14-10-17(9-13(14)18)15(19)22-11-12-6-4-3-5-7-12/h2-7,13-14,18H,1,8-11H2/t13-,14+/m1/s1. The minimum atomic E-state index is -0.976.